The summed E-state index contributed by atoms with van der Waals surface area (Å²) in [5.74, 6) is -0.312. The van der Waals surface area contributed by atoms with E-state index in [1.165, 1.54) is 13.2 Å². The Morgan fingerprint density at radius 1 is 1.65 bits per heavy atom. The molecule has 5 nitrogen and oxygen atoms in total. The highest BCUT2D eigenvalue weighted by Gasteiger charge is 2.13. The molecule has 1 rings (SSSR count). The van der Waals surface area contributed by atoms with Crippen molar-refractivity contribution in [3.8, 4) is 0 Å². The van der Waals surface area contributed by atoms with Crippen LogP contribution in [-0.2, 0) is 4.74 Å². The molecule has 2 N–H and O–H groups in total. The van der Waals surface area contributed by atoms with Crippen molar-refractivity contribution < 1.29 is 14.6 Å². The molecule has 0 radical (unpaired) electrons. The van der Waals surface area contributed by atoms with E-state index in [1.807, 2.05) is 0 Å². The van der Waals surface area contributed by atoms with Gasteiger partial charge in [0.15, 0.2) is 0 Å². The number of carbonyl (C=O) groups is 1. The van der Waals surface area contributed by atoms with Gasteiger partial charge in [-0.1, -0.05) is 11.6 Å². The number of aliphatic hydroxyl groups excluding tert-OH is 1. The van der Waals surface area contributed by atoms with Crippen LogP contribution in [-0.4, -0.2) is 42.4 Å². The zero-order chi connectivity index (χ0) is 12.8. The van der Waals surface area contributed by atoms with Crippen LogP contribution in [0, 0.1) is 6.92 Å². The molecule has 0 aliphatic rings. The van der Waals surface area contributed by atoms with Gasteiger partial charge < -0.3 is 15.2 Å². The van der Waals surface area contributed by atoms with Crippen molar-refractivity contribution in [3.63, 3.8) is 0 Å². The van der Waals surface area contributed by atoms with Gasteiger partial charge in [0, 0.05) is 18.4 Å². The molecular formula is C11H15ClN2O3. The third-order valence-corrected chi connectivity index (χ3v) is 2.30. The highest BCUT2D eigenvalue weighted by molar-refractivity contribution is 6.29. The number of pyridine rings is 1. The maximum atomic E-state index is 11.8. The van der Waals surface area contributed by atoms with Gasteiger partial charge >= 0.3 is 0 Å². The van der Waals surface area contributed by atoms with Gasteiger partial charge in [-0.3, -0.25) is 4.79 Å². The first-order valence-electron chi connectivity index (χ1n) is 5.11. The number of rotatable bonds is 5. The molecule has 1 amide bonds. The number of nitrogens with zero attached hydrogens (tertiary/aromatic N) is 1. The van der Waals surface area contributed by atoms with Crippen LogP contribution in [0.4, 0.5) is 0 Å². The van der Waals surface area contributed by atoms with Crippen molar-refractivity contribution in [3.05, 3.63) is 28.5 Å². The summed E-state index contributed by atoms with van der Waals surface area (Å²) >= 11 is 5.76. The second-order valence-corrected chi connectivity index (χ2v) is 4.02. The number of aliphatic hydroxyl groups is 1. The molecule has 1 aromatic rings. The molecule has 1 heterocycles. The summed E-state index contributed by atoms with van der Waals surface area (Å²) in [5, 5.41) is 11.9. The van der Waals surface area contributed by atoms with Crippen LogP contribution in [0.3, 0.4) is 0 Å². The third-order valence-electron chi connectivity index (χ3n) is 2.11. The van der Waals surface area contributed by atoms with E-state index in [0.29, 0.717) is 11.3 Å². The molecule has 0 saturated carbocycles. The Hall–Kier alpha value is -1.17. The van der Waals surface area contributed by atoms with Crippen LogP contribution in [0.2, 0.25) is 5.15 Å². The molecule has 0 aliphatic heterocycles. The summed E-state index contributed by atoms with van der Waals surface area (Å²) < 4.78 is 4.87. The van der Waals surface area contributed by atoms with Crippen molar-refractivity contribution >= 4 is 17.5 Å². The topological polar surface area (TPSA) is 71.5 Å². The molecule has 0 aromatic carbocycles. The third kappa shape index (κ3) is 4.30. The van der Waals surface area contributed by atoms with Gasteiger partial charge in [0.05, 0.1) is 19.3 Å². The molecule has 17 heavy (non-hydrogen) atoms. The number of carbonyl (C=O) groups excluding carboxylic acids is 1. The molecule has 0 spiro atoms. The Morgan fingerprint density at radius 3 is 2.88 bits per heavy atom. The molecule has 1 unspecified atom stereocenters. The molecule has 0 fully saturated rings. The minimum atomic E-state index is -0.431. The quantitative estimate of drug-likeness (QED) is 0.766. The molecular weight excluding hydrogens is 244 g/mol. The van der Waals surface area contributed by atoms with E-state index in [-0.39, 0.29) is 24.3 Å². The lowest BCUT2D eigenvalue weighted by molar-refractivity contribution is 0.0839. The SMILES string of the molecule is COCC(CO)NC(=O)c1cc(C)nc(Cl)c1. The standard InChI is InChI=1S/C11H15ClN2O3/c1-7-3-8(4-10(12)13-7)11(16)14-9(5-15)6-17-2/h3-4,9,15H,5-6H2,1-2H3,(H,14,16). The van der Waals surface area contributed by atoms with E-state index < -0.39 is 6.04 Å². The fourth-order valence-corrected chi connectivity index (χ4v) is 1.62. The lowest BCUT2D eigenvalue weighted by Crippen LogP contribution is -2.40. The van der Waals surface area contributed by atoms with Crippen LogP contribution >= 0.6 is 11.6 Å². The summed E-state index contributed by atoms with van der Waals surface area (Å²) in [7, 11) is 1.50. The minimum absolute atomic E-state index is 0.183. The molecule has 1 aromatic heterocycles. The van der Waals surface area contributed by atoms with Crippen LogP contribution in [0.1, 0.15) is 16.1 Å². The normalized spacial score (nSPS) is 12.2. The van der Waals surface area contributed by atoms with E-state index in [4.69, 9.17) is 21.4 Å². The van der Waals surface area contributed by atoms with Gasteiger partial charge in [0.1, 0.15) is 5.15 Å². The van der Waals surface area contributed by atoms with E-state index in [0.717, 1.165) is 0 Å². The van der Waals surface area contributed by atoms with E-state index >= 15 is 0 Å². The van der Waals surface area contributed by atoms with Gasteiger partial charge in [0.2, 0.25) is 0 Å². The van der Waals surface area contributed by atoms with Crippen LogP contribution in [0.15, 0.2) is 12.1 Å². The van der Waals surface area contributed by atoms with Gasteiger partial charge in [0.25, 0.3) is 5.91 Å². The van der Waals surface area contributed by atoms with Crippen molar-refractivity contribution in [1.82, 2.24) is 10.3 Å². The lowest BCUT2D eigenvalue weighted by Gasteiger charge is -2.15. The van der Waals surface area contributed by atoms with Crippen LogP contribution in [0.5, 0.6) is 0 Å². The Morgan fingerprint density at radius 2 is 2.35 bits per heavy atom. The fourth-order valence-electron chi connectivity index (χ4n) is 1.37. The average molecular weight is 259 g/mol. The number of nitrogens with one attached hydrogen (secondary N) is 1. The predicted octanol–water partition coefficient (Wildman–Crippen LogP) is 0.781. The maximum absolute atomic E-state index is 11.8. The molecule has 6 heteroatoms. The highest BCUT2D eigenvalue weighted by Crippen LogP contribution is 2.10. The van der Waals surface area contributed by atoms with Crippen LogP contribution in [0.25, 0.3) is 0 Å². The van der Waals surface area contributed by atoms with Crippen molar-refractivity contribution in [2.75, 3.05) is 20.3 Å². The zero-order valence-electron chi connectivity index (χ0n) is 9.74. The van der Waals surface area contributed by atoms with Gasteiger partial charge in [-0.15, -0.1) is 0 Å². The smallest absolute Gasteiger partial charge is 0.251 e. The van der Waals surface area contributed by atoms with Crippen molar-refractivity contribution in [1.29, 1.82) is 0 Å². The van der Waals surface area contributed by atoms with E-state index in [2.05, 4.69) is 10.3 Å². The Labute approximate surface area is 105 Å². The van der Waals surface area contributed by atoms with Gasteiger partial charge in [-0.25, -0.2) is 4.98 Å². The van der Waals surface area contributed by atoms with Gasteiger partial charge in [-0.05, 0) is 19.1 Å². The number of amides is 1. The number of hydrogen-bond donors (Lipinski definition) is 2. The summed E-state index contributed by atoms with van der Waals surface area (Å²) in [4.78, 5) is 15.8. The largest absolute Gasteiger partial charge is 0.394 e. The number of hydrogen-bond acceptors (Lipinski definition) is 4. The number of methoxy groups -OCH3 is 1. The predicted molar refractivity (Wildman–Crippen MR) is 64.2 cm³/mol. The Kier molecular flexibility index (Phi) is 5.34. The Balaban J connectivity index is 2.75. The van der Waals surface area contributed by atoms with Gasteiger partial charge in [-0.2, -0.15) is 0 Å². The van der Waals surface area contributed by atoms with Crippen molar-refractivity contribution in [2.24, 2.45) is 0 Å². The van der Waals surface area contributed by atoms with E-state index in [9.17, 15) is 4.79 Å². The number of aromatic nitrogens is 1. The Bertz CT molecular complexity index is 378. The average Bonchev–Trinajstić information content (AvgIpc) is 2.27. The number of ether oxygens (including phenoxy) is 1. The summed E-state index contributed by atoms with van der Waals surface area (Å²) in [6.45, 7) is 1.82. The lowest BCUT2D eigenvalue weighted by atomic mass is 10.2. The molecule has 0 saturated heterocycles. The molecule has 1 atom stereocenters. The van der Waals surface area contributed by atoms with Crippen molar-refractivity contribution in [2.45, 2.75) is 13.0 Å². The summed E-state index contributed by atoms with van der Waals surface area (Å²) in [5.41, 5.74) is 1.08. The first kappa shape index (κ1) is 13.9. The summed E-state index contributed by atoms with van der Waals surface area (Å²) in [6.07, 6.45) is 0. The first-order chi connectivity index (χ1) is 8.06. The van der Waals surface area contributed by atoms with Crippen LogP contribution < -0.4 is 5.32 Å². The zero-order valence-corrected chi connectivity index (χ0v) is 10.5. The monoisotopic (exact) mass is 258 g/mol. The first-order valence-corrected chi connectivity index (χ1v) is 5.49. The second-order valence-electron chi connectivity index (χ2n) is 3.63. The fraction of sp³-hybridized carbons (Fsp3) is 0.455. The number of aryl methyl sites for hydroxylation is 1. The summed E-state index contributed by atoms with van der Waals surface area (Å²) in [6, 6.07) is 2.67. The second kappa shape index (κ2) is 6.54. The number of halogens is 1. The minimum Gasteiger partial charge on any atom is -0.394 e. The molecule has 94 valence electrons. The van der Waals surface area contributed by atoms with E-state index in [1.54, 1.807) is 13.0 Å². The highest BCUT2D eigenvalue weighted by atomic mass is 35.5. The molecule has 0 aliphatic carbocycles. The maximum Gasteiger partial charge on any atom is 0.251 e. The molecule has 0 bridgehead atoms.